The first-order valence-electron chi connectivity index (χ1n) is 6.27. The number of carbonyl (C=O) groups excluding carboxylic acids is 1. The number of carbonyl (C=O) groups is 1. The van der Waals surface area contributed by atoms with Crippen molar-refractivity contribution in [2.45, 2.75) is 12.8 Å². The summed E-state index contributed by atoms with van der Waals surface area (Å²) in [5.41, 5.74) is 2.44. The molecule has 20 heavy (non-hydrogen) atoms. The van der Waals surface area contributed by atoms with Gasteiger partial charge in [0.05, 0.1) is 5.56 Å². The average molecular weight is 268 g/mol. The molecule has 0 fully saturated rings. The van der Waals surface area contributed by atoms with Crippen molar-refractivity contribution in [3.05, 3.63) is 70.3 Å². The summed E-state index contributed by atoms with van der Waals surface area (Å²) in [7, 11) is 0. The third-order valence-corrected chi connectivity index (χ3v) is 3.32. The molecule has 0 spiro atoms. The van der Waals surface area contributed by atoms with E-state index in [1.54, 1.807) is 12.1 Å². The zero-order chi connectivity index (χ0) is 14.1. The van der Waals surface area contributed by atoms with Gasteiger partial charge in [-0.3, -0.25) is 4.79 Å². The lowest BCUT2D eigenvalue weighted by molar-refractivity contribution is 0.0994. The second-order valence-electron chi connectivity index (χ2n) is 4.65. The zero-order valence-corrected chi connectivity index (χ0v) is 10.5. The van der Waals surface area contributed by atoms with Crippen LogP contribution in [-0.2, 0) is 6.42 Å². The van der Waals surface area contributed by atoms with E-state index in [2.05, 4.69) is 11.8 Å². The van der Waals surface area contributed by atoms with E-state index in [4.69, 9.17) is 0 Å². The number of Topliss-reactive ketones (excluding diaryl/α,β-unsaturated/α-hetero) is 1. The fourth-order valence-corrected chi connectivity index (χ4v) is 2.27. The Morgan fingerprint density at radius 1 is 1.00 bits per heavy atom. The number of benzene rings is 2. The highest BCUT2D eigenvalue weighted by atomic mass is 19.2. The molecule has 1 nitrogen and oxygen atoms in total. The molecule has 0 amide bonds. The molecular formula is C17H10F2O. The van der Waals surface area contributed by atoms with Gasteiger partial charge in [-0.15, -0.1) is 0 Å². The van der Waals surface area contributed by atoms with Crippen LogP contribution in [0.1, 0.15) is 33.5 Å². The lowest BCUT2D eigenvalue weighted by atomic mass is 10.1. The molecule has 0 N–H and O–H groups in total. The maximum Gasteiger partial charge on any atom is 0.174 e. The van der Waals surface area contributed by atoms with Crippen LogP contribution < -0.4 is 0 Å². The van der Waals surface area contributed by atoms with Crippen LogP contribution in [0, 0.1) is 23.5 Å². The van der Waals surface area contributed by atoms with E-state index in [1.165, 1.54) is 12.1 Å². The number of fused-ring (bicyclic) bond motifs is 1. The van der Waals surface area contributed by atoms with E-state index >= 15 is 0 Å². The molecule has 0 saturated heterocycles. The van der Waals surface area contributed by atoms with Gasteiger partial charge in [0.25, 0.3) is 0 Å². The van der Waals surface area contributed by atoms with Gasteiger partial charge in [0, 0.05) is 17.5 Å². The zero-order valence-electron chi connectivity index (χ0n) is 10.5. The number of rotatable bonds is 0. The van der Waals surface area contributed by atoms with Crippen LogP contribution in [0.4, 0.5) is 8.78 Å². The van der Waals surface area contributed by atoms with Gasteiger partial charge in [-0.1, -0.05) is 17.9 Å². The first kappa shape index (κ1) is 12.6. The number of hydrogen-bond donors (Lipinski definition) is 0. The summed E-state index contributed by atoms with van der Waals surface area (Å²) in [6.45, 7) is 0. The molecule has 0 atom stereocenters. The van der Waals surface area contributed by atoms with E-state index < -0.39 is 11.6 Å². The minimum Gasteiger partial charge on any atom is -0.294 e. The van der Waals surface area contributed by atoms with Crippen LogP contribution >= 0.6 is 0 Å². The average Bonchev–Trinajstić information content (AvgIpc) is 2.82. The predicted octanol–water partition coefficient (Wildman–Crippen LogP) is 3.49. The first-order chi connectivity index (χ1) is 9.65. The lowest BCUT2D eigenvalue weighted by Gasteiger charge is -1.98. The topological polar surface area (TPSA) is 17.1 Å². The minimum atomic E-state index is -0.934. The van der Waals surface area contributed by atoms with Crippen LogP contribution in [0.3, 0.4) is 0 Å². The number of hydrogen-bond acceptors (Lipinski definition) is 1. The molecule has 3 heteroatoms. The SMILES string of the molecule is O=C1CCc2cc(C#Cc3cccc(F)c3F)ccc21. The van der Waals surface area contributed by atoms with E-state index in [0.29, 0.717) is 12.0 Å². The van der Waals surface area contributed by atoms with E-state index in [1.807, 2.05) is 6.07 Å². The molecule has 0 unspecified atom stereocenters. The maximum absolute atomic E-state index is 13.5. The van der Waals surface area contributed by atoms with Crippen LogP contribution in [0.5, 0.6) is 0 Å². The molecule has 1 aliphatic carbocycles. The van der Waals surface area contributed by atoms with Crippen LogP contribution in [0.25, 0.3) is 0 Å². The summed E-state index contributed by atoms with van der Waals surface area (Å²) in [4.78, 5) is 11.5. The van der Waals surface area contributed by atoms with Crippen molar-refractivity contribution >= 4 is 5.78 Å². The van der Waals surface area contributed by atoms with Gasteiger partial charge in [-0.05, 0) is 42.3 Å². The fraction of sp³-hybridized carbons (Fsp3) is 0.118. The monoisotopic (exact) mass is 268 g/mol. The Bertz CT molecular complexity index is 766. The Balaban J connectivity index is 1.95. The van der Waals surface area contributed by atoms with Crippen molar-refractivity contribution in [2.75, 3.05) is 0 Å². The first-order valence-corrected chi connectivity index (χ1v) is 6.27. The highest BCUT2D eigenvalue weighted by Crippen LogP contribution is 2.22. The van der Waals surface area contributed by atoms with Crippen LogP contribution in [0.2, 0.25) is 0 Å². The van der Waals surface area contributed by atoms with Gasteiger partial charge in [-0.2, -0.15) is 0 Å². The molecule has 2 aromatic rings. The third-order valence-electron chi connectivity index (χ3n) is 3.32. The Kier molecular flexibility index (Phi) is 3.08. The summed E-state index contributed by atoms with van der Waals surface area (Å²) < 4.78 is 26.5. The molecule has 0 aromatic heterocycles. The Hall–Kier alpha value is -2.47. The molecule has 0 saturated carbocycles. The number of aryl methyl sites for hydroxylation is 1. The highest BCUT2D eigenvalue weighted by Gasteiger charge is 2.18. The molecule has 2 aromatic carbocycles. The predicted molar refractivity (Wildman–Crippen MR) is 71.4 cm³/mol. The Morgan fingerprint density at radius 2 is 1.85 bits per heavy atom. The second-order valence-corrected chi connectivity index (χ2v) is 4.65. The quantitative estimate of drug-likeness (QED) is 0.668. The Labute approximate surface area is 115 Å². The normalized spacial score (nSPS) is 12.8. The molecule has 0 bridgehead atoms. The van der Waals surface area contributed by atoms with E-state index in [-0.39, 0.29) is 11.3 Å². The van der Waals surface area contributed by atoms with E-state index in [9.17, 15) is 13.6 Å². The Morgan fingerprint density at radius 3 is 2.70 bits per heavy atom. The largest absolute Gasteiger partial charge is 0.294 e. The summed E-state index contributed by atoms with van der Waals surface area (Å²) in [6, 6.07) is 9.22. The molecule has 3 rings (SSSR count). The van der Waals surface area contributed by atoms with Crippen LogP contribution in [0.15, 0.2) is 36.4 Å². The summed E-state index contributed by atoms with van der Waals surface area (Å²) in [5, 5.41) is 0. The summed E-state index contributed by atoms with van der Waals surface area (Å²) in [6.07, 6.45) is 1.25. The van der Waals surface area contributed by atoms with Gasteiger partial charge in [-0.25, -0.2) is 8.78 Å². The summed E-state index contributed by atoms with van der Waals surface area (Å²) >= 11 is 0. The van der Waals surface area contributed by atoms with Gasteiger partial charge in [0.1, 0.15) is 0 Å². The molecule has 1 aliphatic rings. The molecular weight excluding hydrogens is 258 g/mol. The standard InChI is InChI=1S/C17H10F2O/c18-15-3-1-2-12(17(15)19)6-4-11-5-8-14-13(10-11)7-9-16(14)20/h1-3,5,8,10H,7,9H2. The second kappa shape index (κ2) is 4.90. The highest BCUT2D eigenvalue weighted by molar-refractivity contribution is 6.00. The molecule has 0 radical (unpaired) electrons. The van der Waals surface area contributed by atoms with Gasteiger partial charge >= 0.3 is 0 Å². The van der Waals surface area contributed by atoms with Crippen molar-refractivity contribution in [1.29, 1.82) is 0 Å². The van der Waals surface area contributed by atoms with Crippen molar-refractivity contribution in [3.63, 3.8) is 0 Å². The van der Waals surface area contributed by atoms with E-state index in [0.717, 1.165) is 23.6 Å². The van der Waals surface area contributed by atoms with Crippen molar-refractivity contribution in [2.24, 2.45) is 0 Å². The maximum atomic E-state index is 13.5. The number of halogens is 2. The molecule has 0 heterocycles. The third kappa shape index (κ3) is 2.21. The van der Waals surface area contributed by atoms with Crippen molar-refractivity contribution in [1.82, 2.24) is 0 Å². The fourth-order valence-electron chi connectivity index (χ4n) is 2.27. The lowest BCUT2D eigenvalue weighted by Crippen LogP contribution is -1.91. The van der Waals surface area contributed by atoms with Gasteiger partial charge in [0.2, 0.25) is 0 Å². The minimum absolute atomic E-state index is 0.0292. The molecule has 98 valence electrons. The summed E-state index contributed by atoms with van der Waals surface area (Å²) in [5.74, 6) is 3.74. The smallest absolute Gasteiger partial charge is 0.174 e. The van der Waals surface area contributed by atoms with Crippen molar-refractivity contribution in [3.8, 4) is 11.8 Å². The van der Waals surface area contributed by atoms with Crippen molar-refractivity contribution < 1.29 is 13.6 Å². The van der Waals surface area contributed by atoms with Gasteiger partial charge in [0.15, 0.2) is 17.4 Å². The van der Waals surface area contributed by atoms with Gasteiger partial charge < -0.3 is 0 Å². The molecule has 0 aliphatic heterocycles. The number of ketones is 1. The van der Waals surface area contributed by atoms with Crippen LogP contribution in [-0.4, -0.2) is 5.78 Å².